The van der Waals surface area contributed by atoms with Gasteiger partial charge in [0.25, 0.3) is 0 Å². The summed E-state index contributed by atoms with van der Waals surface area (Å²) in [5, 5.41) is 0. The summed E-state index contributed by atoms with van der Waals surface area (Å²) in [5.41, 5.74) is 2.11. The first-order valence-corrected chi connectivity index (χ1v) is 9.11. The summed E-state index contributed by atoms with van der Waals surface area (Å²) >= 11 is 0. The number of imidazole rings is 1. The van der Waals surface area contributed by atoms with Crippen LogP contribution in [0, 0.1) is 12.8 Å². The van der Waals surface area contributed by atoms with E-state index in [1.54, 1.807) is 18.0 Å². The SMILES string of the molecule is CO[C@@H]1[C@@H](COCP(=O)(O)O)CO[C@H]1n1cnc2c(C)ncnc21. The maximum Gasteiger partial charge on any atom is 0.350 e. The van der Waals surface area contributed by atoms with Crippen LogP contribution >= 0.6 is 7.60 Å². The third-order valence-electron chi connectivity index (χ3n) is 3.91. The van der Waals surface area contributed by atoms with E-state index in [2.05, 4.69) is 15.0 Å². The summed E-state index contributed by atoms with van der Waals surface area (Å²) < 4.78 is 29.1. The molecule has 132 valence electrons. The van der Waals surface area contributed by atoms with Crippen LogP contribution < -0.4 is 0 Å². The highest BCUT2D eigenvalue weighted by Crippen LogP contribution is 2.36. The molecule has 0 unspecified atom stereocenters. The van der Waals surface area contributed by atoms with E-state index in [1.165, 1.54) is 6.33 Å². The summed E-state index contributed by atoms with van der Waals surface area (Å²) in [6.07, 6.45) is 1.67. The number of aryl methyl sites for hydroxylation is 1. The molecule has 2 aromatic heterocycles. The van der Waals surface area contributed by atoms with Crippen LogP contribution in [0.25, 0.3) is 11.2 Å². The molecule has 0 aliphatic carbocycles. The Morgan fingerprint density at radius 1 is 1.42 bits per heavy atom. The number of nitrogens with zero attached hydrogens (tertiary/aromatic N) is 4. The van der Waals surface area contributed by atoms with E-state index in [0.717, 1.165) is 5.69 Å². The molecule has 0 amide bonds. The van der Waals surface area contributed by atoms with E-state index in [4.69, 9.17) is 24.0 Å². The van der Waals surface area contributed by atoms with Gasteiger partial charge in [0.1, 0.15) is 24.3 Å². The normalized spacial score (nSPS) is 24.8. The van der Waals surface area contributed by atoms with Gasteiger partial charge in [-0.2, -0.15) is 0 Å². The van der Waals surface area contributed by atoms with Gasteiger partial charge in [0.15, 0.2) is 11.9 Å². The molecular formula is C13H19N4O6P. The molecule has 10 nitrogen and oxygen atoms in total. The molecule has 1 fully saturated rings. The van der Waals surface area contributed by atoms with E-state index in [9.17, 15) is 4.57 Å². The first-order valence-electron chi connectivity index (χ1n) is 7.31. The van der Waals surface area contributed by atoms with Crippen LogP contribution in [0.1, 0.15) is 11.9 Å². The van der Waals surface area contributed by atoms with Crippen LogP contribution in [0.4, 0.5) is 0 Å². The molecule has 1 saturated heterocycles. The third-order valence-corrected chi connectivity index (χ3v) is 4.43. The molecule has 3 atom stereocenters. The molecule has 1 aliphatic heterocycles. The summed E-state index contributed by atoms with van der Waals surface area (Å²) in [6, 6.07) is 0. The Kier molecular flexibility index (Phi) is 4.95. The predicted octanol–water partition coefficient (Wildman–Crippen LogP) is 0.447. The van der Waals surface area contributed by atoms with Gasteiger partial charge in [-0.1, -0.05) is 0 Å². The Morgan fingerprint density at radius 3 is 2.92 bits per heavy atom. The lowest BCUT2D eigenvalue weighted by Crippen LogP contribution is -2.29. The Hall–Kier alpha value is -1.42. The molecule has 24 heavy (non-hydrogen) atoms. The fourth-order valence-electron chi connectivity index (χ4n) is 2.81. The second-order valence-corrected chi connectivity index (χ2v) is 7.22. The van der Waals surface area contributed by atoms with Crippen LogP contribution in [0.3, 0.4) is 0 Å². The number of hydrogen-bond donors (Lipinski definition) is 2. The lowest BCUT2D eigenvalue weighted by Gasteiger charge is -2.22. The van der Waals surface area contributed by atoms with Gasteiger partial charge in [0, 0.05) is 13.0 Å². The molecule has 0 spiro atoms. The Labute approximate surface area is 137 Å². The van der Waals surface area contributed by atoms with E-state index >= 15 is 0 Å². The Balaban J connectivity index is 1.76. The van der Waals surface area contributed by atoms with Crippen molar-refractivity contribution in [3.05, 3.63) is 18.3 Å². The number of hydrogen-bond acceptors (Lipinski definition) is 7. The number of aromatic nitrogens is 4. The van der Waals surface area contributed by atoms with Crippen molar-refractivity contribution in [1.82, 2.24) is 19.5 Å². The average molecular weight is 358 g/mol. The highest BCUT2D eigenvalue weighted by molar-refractivity contribution is 7.51. The fraction of sp³-hybridized carbons (Fsp3) is 0.615. The smallest absolute Gasteiger partial charge is 0.350 e. The van der Waals surface area contributed by atoms with Crippen molar-refractivity contribution in [3.63, 3.8) is 0 Å². The number of methoxy groups -OCH3 is 1. The maximum absolute atomic E-state index is 10.9. The maximum atomic E-state index is 10.9. The van der Waals surface area contributed by atoms with Gasteiger partial charge in [-0.25, -0.2) is 15.0 Å². The summed E-state index contributed by atoms with van der Waals surface area (Å²) in [5.74, 6) is -0.160. The molecule has 0 aromatic carbocycles. The first-order chi connectivity index (χ1) is 11.4. The molecule has 0 radical (unpaired) electrons. The molecule has 3 heterocycles. The van der Waals surface area contributed by atoms with Crippen molar-refractivity contribution >= 4 is 18.8 Å². The van der Waals surface area contributed by atoms with Gasteiger partial charge in [0.05, 0.1) is 25.2 Å². The second kappa shape index (κ2) is 6.83. The lowest BCUT2D eigenvalue weighted by molar-refractivity contribution is -0.0361. The minimum Gasteiger partial charge on any atom is -0.376 e. The summed E-state index contributed by atoms with van der Waals surface area (Å²) in [6.45, 7) is 2.32. The van der Waals surface area contributed by atoms with Crippen molar-refractivity contribution in [3.8, 4) is 0 Å². The largest absolute Gasteiger partial charge is 0.376 e. The molecule has 2 N–H and O–H groups in total. The van der Waals surface area contributed by atoms with Gasteiger partial charge in [-0.15, -0.1) is 0 Å². The number of rotatable bonds is 6. The average Bonchev–Trinajstić information content (AvgIpc) is 3.10. The Bertz CT molecular complexity index is 762. The molecule has 1 aliphatic rings. The second-order valence-electron chi connectivity index (χ2n) is 5.63. The van der Waals surface area contributed by atoms with Crippen molar-refractivity contribution in [2.24, 2.45) is 5.92 Å². The molecular weight excluding hydrogens is 339 g/mol. The monoisotopic (exact) mass is 358 g/mol. The quantitative estimate of drug-likeness (QED) is 0.707. The zero-order chi connectivity index (χ0) is 17.3. The summed E-state index contributed by atoms with van der Waals surface area (Å²) in [4.78, 5) is 30.4. The van der Waals surface area contributed by atoms with Crippen LogP contribution in [-0.2, 0) is 18.8 Å². The standard InChI is InChI=1S/C13H19N4O6P/c1-8-10-12(15-5-14-8)17(6-16-10)13-11(21-2)9(4-23-13)3-22-7-24(18,19)20/h5-6,9,11,13H,3-4,7H2,1-2H3,(H2,18,19,20)/t9-,11+,13+/m0/s1. The fourth-order valence-corrected chi connectivity index (χ4v) is 3.16. The molecule has 3 rings (SSSR count). The van der Waals surface area contributed by atoms with Gasteiger partial charge >= 0.3 is 7.60 Å². The van der Waals surface area contributed by atoms with E-state index in [-0.39, 0.29) is 18.6 Å². The minimum absolute atomic E-state index is 0.126. The van der Waals surface area contributed by atoms with Crippen molar-refractivity contribution < 1.29 is 28.6 Å². The molecule has 0 bridgehead atoms. The van der Waals surface area contributed by atoms with Crippen molar-refractivity contribution in [2.75, 3.05) is 26.7 Å². The molecule has 11 heteroatoms. The topological polar surface area (TPSA) is 129 Å². The zero-order valence-corrected chi connectivity index (χ0v) is 14.2. The Morgan fingerprint density at radius 2 is 2.21 bits per heavy atom. The van der Waals surface area contributed by atoms with E-state index < -0.39 is 20.2 Å². The minimum atomic E-state index is -4.19. The van der Waals surface area contributed by atoms with Gasteiger partial charge in [-0.3, -0.25) is 9.13 Å². The molecule has 0 saturated carbocycles. The summed E-state index contributed by atoms with van der Waals surface area (Å²) in [7, 11) is -2.63. The number of ether oxygens (including phenoxy) is 3. The van der Waals surface area contributed by atoms with Gasteiger partial charge < -0.3 is 24.0 Å². The van der Waals surface area contributed by atoms with Gasteiger partial charge in [-0.05, 0) is 6.92 Å². The first kappa shape index (κ1) is 17.4. The predicted molar refractivity (Wildman–Crippen MR) is 82.2 cm³/mol. The van der Waals surface area contributed by atoms with E-state index in [0.29, 0.717) is 17.8 Å². The van der Waals surface area contributed by atoms with Crippen LogP contribution in [0.2, 0.25) is 0 Å². The van der Waals surface area contributed by atoms with Crippen LogP contribution in [0.15, 0.2) is 12.7 Å². The highest BCUT2D eigenvalue weighted by Gasteiger charge is 2.40. The van der Waals surface area contributed by atoms with Crippen molar-refractivity contribution in [2.45, 2.75) is 19.3 Å². The van der Waals surface area contributed by atoms with E-state index in [1.807, 2.05) is 6.92 Å². The van der Waals surface area contributed by atoms with Gasteiger partial charge in [0.2, 0.25) is 0 Å². The third kappa shape index (κ3) is 3.49. The number of fused-ring (bicyclic) bond motifs is 1. The van der Waals surface area contributed by atoms with Crippen LogP contribution in [0.5, 0.6) is 0 Å². The molecule has 2 aromatic rings. The van der Waals surface area contributed by atoms with Crippen LogP contribution in [-0.4, -0.2) is 62.1 Å². The van der Waals surface area contributed by atoms with Crippen molar-refractivity contribution in [1.29, 1.82) is 0 Å². The highest BCUT2D eigenvalue weighted by atomic mass is 31.2. The lowest BCUT2D eigenvalue weighted by atomic mass is 10.1. The zero-order valence-electron chi connectivity index (χ0n) is 13.3.